The van der Waals surface area contributed by atoms with E-state index in [1.165, 1.54) is 50.0 Å². The first-order valence-corrected chi connectivity index (χ1v) is 6.61. The van der Waals surface area contributed by atoms with E-state index in [2.05, 4.69) is 28.1 Å². The predicted molar refractivity (Wildman–Crippen MR) is 64.6 cm³/mol. The first-order chi connectivity index (χ1) is 7.86. The molecule has 0 aromatic carbocycles. The quantitative estimate of drug-likeness (QED) is 0.782. The summed E-state index contributed by atoms with van der Waals surface area (Å²) in [5.41, 5.74) is 2.89. The molecule has 0 radical (unpaired) electrons. The maximum Gasteiger partial charge on any atom is 0.0954 e. The highest BCUT2D eigenvalue weighted by Crippen LogP contribution is 2.29. The second-order valence-corrected chi connectivity index (χ2v) is 5.29. The molecule has 2 unspecified atom stereocenters. The van der Waals surface area contributed by atoms with Gasteiger partial charge in [-0.2, -0.15) is 0 Å². The molecule has 2 aliphatic rings. The summed E-state index contributed by atoms with van der Waals surface area (Å²) in [6, 6.07) is 0.628. The summed E-state index contributed by atoms with van der Waals surface area (Å²) in [5.74, 6) is 0.779. The van der Waals surface area contributed by atoms with E-state index in [1.54, 1.807) is 0 Å². The van der Waals surface area contributed by atoms with Crippen molar-refractivity contribution in [2.45, 2.75) is 45.1 Å². The second-order valence-electron chi connectivity index (χ2n) is 5.29. The van der Waals surface area contributed by atoms with Gasteiger partial charge < -0.3 is 9.88 Å². The maximum atomic E-state index is 4.60. The molecule has 3 nitrogen and oxygen atoms in total. The standard InChI is InChI=1S/C13H21N3/c1-10-6-7-14-8-13(10)16-9-15-11-4-2-3-5-12(11)16/h9-10,13-14H,2-8H2,1H3. The molecule has 0 bridgehead atoms. The molecular weight excluding hydrogens is 198 g/mol. The number of hydrogen-bond acceptors (Lipinski definition) is 2. The topological polar surface area (TPSA) is 29.9 Å². The molecule has 3 heteroatoms. The molecule has 1 fully saturated rings. The number of piperidine rings is 1. The van der Waals surface area contributed by atoms with Gasteiger partial charge in [-0.15, -0.1) is 0 Å². The summed E-state index contributed by atoms with van der Waals surface area (Å²) in [4.78, 5) is 4.60. The third-order valence-corrected chi connectivity index (χ3v) is 4.20. The van der Waals surface area contributed by atoms with Crippen LogP contribution in [0.3, 0.4) is 0 Å². The average molecular weight is 219 g/mol. The van der Waals surface area contributed by atoms with Crippen LogP contribution in [0.25, 0.3) is 0 Å². The summed E-state index contributed by atoms with van der Waals surface area (Å²) >= 11 is 0. The van der Waals surface area contributed by atoms with Gasteiger partial charge in [0.05, 0.1) is 12.0 Å². The summed E-state index contributed by atoms with van der Waals surface area (Å²) < 4.78 is 2.46. The van der Waals surface area contributed by atoms with Crippen molar-refractivity contribution >= 4 is 0 Å². The van der Waals surface area contributed by atoms with E-state index in [-0.39, 0.29) is 0 Å². The Morgan fingerprint density at radius 3 is 3.12 bits per heavy atom. The van der Waals surface area contributed by atoms with Crippen molar-refractivity contribution in [1.82, 2.24) is 14.9 Å². The molecule has 0 amide bonds. The smallest absolute Gasteiger partial charge is 0.0954 e. The Morgan fingerprint density at radius 1 is 1.38 bits per heavy atom. The summed E-state index contributed by atoms with van der Waals surface area (Å²) in [7, 11) is 0. The molecule has 1 aliphatic carbocycles. The van der Waals surface area contributed by atoms with Gasteiger partial charge in [-0.1, -0.05) is 6.92 Å². The van der Waals surface area contributed by atoms with Gasteiger partial charge >= 0.3 is 0 Å². The van der Waals surface area contributed by atoms with E-state index in [0.29, 0.717) is 6.04 Å². The van der Waals surface area contributed by atoms with Crippen molar-refractivity contribution in [1.29, 1.82) is 0 Å². The van der Waals surface area contributed by atoms with E-state index >= 15 is 0 Å². The molecule has 0 saturated carbocycles. The zero-order chi connectivity index (χ0) is 11.0. The van der Waals surface area contributed by atoms with Gasteiger partial charge in [-0.3, -0.25) is 0 Å². The van der Waals surface area contributed by atoms with Gasteiger partial charge in [0.15, 0.2) is 0 Å². The van der Waals surface area contributed by atoms with Gasteiger partial charge in [0.2, 0.25) is 0 Å². The number of fused-ring (bicyclic) bond motifs is 1. The lowest BCUT2D eigenvalue weighted by Gasteiger charge is -2.32. The largest absolute Gasteiger partial charge is 0.330 e. The first-order valence-electron chi connectivity index (χ1n) is 6.61. The van der Waals surface area contributed by atoms with E-state index in [9.17, 15) is 0 Å². The van der Waals surface area contributed by atoms with Crippen LogP contribution in [0.2, 0.25) is 0 Å². The van der Waals surface area contributed by atoms with Crippen LogP contribution in [0.4, 0.5) is 0 Å². The SMILES string of the molecule is CC1CCNCC1n1cnc2c1CCCC2. The number of hydrogen-bond donors (Lipinski definition) is 1. The van der Waals surface area contributed by atoms with Crippen molar-refractivity contribution in [2.75, 3.05) is 13.1 Å². The molecule has 2 heterocycles. The van der Waals surface area contributed by atoms with Crippen LogP contribution in [0.5, 0.6) is 0 Å². The van der Waals surface area contributed by atoms with Crippen LogP contribution in [0.15, 0.2) is 6.33 Å². The fourth-order valence-electron chi connectivity index (χ4n) is 3.12. The molecule has 16 heavy (non-hydrogen) atoms. The first kappa shape index (κ1) is 10.3. The van der Waals surface area contributed by atoms with Gasteiger partial charge in [-0.25, -0.2) is 4.98 Å². The molecule has 1 N–H and O–H groups in total. The van der Waals surface area contributed by atoms with E-state index in [0.717, 1.165) is 12.5 Å². The monoisotopic (exact) mass is 219 g/mol. The van der Waals surface area contributed by atoms with Crippen LogP contribution in [0.1, 0.15) is 43.6 Å². The molecule has 0 spiro atoms. The Bertz CT molecular complexity index is 369. The number of aryl methyl sites for hydroxylation is 1. The normalized spacial score (nSPS) is 30.1. The van der Waals surface area contributed by atoms with E-state index in [1.807, 2.05) is 0 Å². The fourth-order valence-corrected chi connectivity index (χ4v) is 3.12. The maximum absolute atomic E-state index is 4.60. The lowest BCUT2D eigenvalue weighted by atomic mass is 9.93. The van der Waals surface area contributed by atoms with Gasteiger partial charge in [0.25, 0.3) is 0 Å². The lowest BCUT2D eigenvalue weighted by molar-refractivity contribution is 0.268. The number of nitrogens with zero attached hydrogens (tertiary/aromatic N) is 2. The molecule has 1 aromatic rings. The zero-order valence-corrected chi connectivity index (χ0v) is 10.1. The minimum atomic E-state index is 0.628. The number of nitrogens with one attached hydrogen (secondary N) is 1. The van der Waals surface area contributed by atoms with Crippen molar-refractivity contribution in [3.8, 4) is 0 Å². The summed E-state index contributed by atoms with van der Waals surface area (Å²) in [6.07, 6.45) is 8.47. The van der Waals surface area contributed by atoms with Crippen LogP contribution >= 0.6 is 0 Å². The minimum absolute atomic E-state index is 0.628. The average Bonchev–Trinajstić information content (AvgIpc) is 2.74. The Morgan fingerprint density at radius 2 is 2.25 bits per heavy atom. The highest BCUT2D eigenvalue weighted by molar-refractivity contribution is 5.17. The highest BCUT2D eigenvalue weighted by Gasteiger charge is 2.26. The van der Waals surface area contributed by atoms with E-state index in [4.69, 9.17) is 0 Å². The fraction of sp³-hybridized carbons (Fsp3) is 0.769. The van der Waals surface area contributed by atoms with Gasteiger partial charge in [0, 0.05) is 18.3 Å². The van der Waals surface area contributed by atoms with Crippen molar-refractivity contribution in [2.24, 2.45) is 5.92 Å². The zero-order valence-electron chi connectivity index (χ0n) is 10.1. The molecule has 1 aliphatic heterocycles. The van der Waals surface area contributed by atoms with E-state index < -0.39 is 0 Å². The number of rotatable bonds is 1. The van der Waals surface area contributed by atoms with Crippen molar-refractivity contribution in [3.63, 3.8) is 0 Å². The summed E-state index contributed by atoms with van der Waals surface area (Å²) in [5, 5.41) is 3.51. The van der Waals surface area contributed by atoms with Crippen LogP contribution in [-0.4, -0.2) is 22.6 Å². The summed E-state index contributed by atoms with van der Waals surface area (Å²) in [6.45, 7) is 4.67. The Hall–Kier alpha value is -0.830. The Balaban J connectivity index is 1.90. The number of aromatic nitrogens is 2. The van der Waals surface area contributed by atoms with Crippen LogP contribution in [-0.2, 0) is 12.8 Å². The Labute approximate surface area is 97.3 Å². The molecule has 1 saturated heterocycles. The van der Waals surface area contributed by atoms with Gasteiger partial charge in [0.1, 0.15) is 0 Å². The second kappa shape index (κ2) is 4.21. The lowest BCUT2D eigenvalue weighted by Crippen LogP contribution is -2.37. The molecule has 2 atom stereocenters. The van der Waals surface area contributed by atoms with Crippen LogP contribution < -0.4 is 5.32 Å². The molecule has 1 aromatic heterocycles. The molecule has 88 valence electrons. The molecule has 3 rings (SSSR count). The molecular formula is C13H21N3. The third kappa shape index (κ3) is 1.67. The van der Waals surface area contributed by atoms with Crippen LogP contribution in [0, 0.1) is 5.92 Å². The van der Waals surface area contributed by atoms with Crippen molar-refractivity contribution < 1.29 is 0 Å². The Kier molecular flexibility index (Phi) is 2.72. The highest BCUT2D eigenvalue weighted by atomic mass is 15.1. The third-order valence-electron chi connectivity index (χ3n) is 4.20. The van der Waals surface area contributed by atoms with Gasteiger partial charge in [-0.05, 0) is 44.6 Å². The minimum Gasteiger partial charge on any atom is -0.330 e. The van der Waals surface area contributed by atoms with Crippen molar-refractivity contribution in [3.05, 3.63) is 17.7 Å². The number of imidazole rings is 1. The predicted octanol–water partition coefficient (Wildman–Crippen LogP) is 1.93.